The van der Waals surface area contributed by atoms with Crippen molar-refractivity contribution in [1.82, 2.24) is 4.98 Å². The van der Waals surface area contributed by atoms with Crippen LogP contribution in [0.2, 0.25) is 0 Å². The number of Topliss-reactive ketones (excluding diaryl/α,β-unsaturated/α-hetero) is 1. The van der Waals surface area contributed by atoms with Gasteiger partial charge in [0, 0.05) is 23.0 Å². The first-order valence-corrected chi connectivity index (χ1v) is 6.79. The fraction of sp³-hybridized carbons (Fsp3) is 0.167. The van der Waals surface area contributed by atoms with Crippen molar-refractivity contribution >= 4 is 16.9 Å². The van der Waals surface area contributed by atoms with E-state index >= 15 is 0 Å². The third-order valence-corrected chi connectivity index (χ3v) is 3.45. The standard InChI is InChI=1S/C18H15FN2O/c1-11-4-5-16(10-21-11)18(13(3)22)12(2)14-6-7-15(9-20)17(19)8-14/h4-8,10H,1-3H3. The third-order valence-electron chi connectivity index (χ3n) is 3.45. The Kier molecular flexibility index (Phi) is 4.47. The molecule has 2 rings (SSSR count). The van der Waals surface area contributed by atoms with Crippen LogP contribution < -0.4 is 0 Å². The van der Waals surface area contributed by atoms with Gasteiger partial charge in [-0.05, 0) is 50.1 Å². The molecule has 2 aromatic rings. The second kappa shape index (κ2) is 6.31. The van der Waals surface area contributed by atoms with Gasteiger partial charge in [0.2, 0.25) is 0 Å². The highest BCUT2D eigenvalue weighted by molar-refractivity contribution is 6.26. The number of allylic oxidation sites excluding steroid dienone is 2. The van der Waals surface area contributed by atoms with E-state index in [0.717, 1.165) is 5.69 Å². The average molecular weight is 294 g/mol. The second-order valence-electron chi connectivity index (χ2n) is 5.05. The lowest BCUT2D eigenvalue weighted by Crippen LogP contribution is -2.01. The van der Waals surface area contributed by atoms with Crippen molar-refractivity contribution in [1.29, 1.82) is 5.26 Å². The van der Waals surface area contributed by atoms with Crippen LogP contribution in [-0.2, 0) is 4.79 Å². The summed E-state index contributed by atoms with van der Waals surface area (Å²) >= 11 is 0. The average Bonchev–Trinajstić information content (AvgIpc) is 2.49. The van der Waals surface area contributed by atoms with E-state index in [1.165, 1.54) is 19.1 Å². The molecule has 0 amide bonds. The second-order valence-corrected chi connectivity index (χ2v) is 5.05. The van der Waals surface area contributed by atoms with E-state index in [0.29, 0.717) is 22.3 Å². The van der Waals surface area contributed by atoms with Gasteiger partial charge in [-0.1, -0.05) is 12.1 Å². The highest BCUT2D eigenvalue weighted by Crippen LogP contribution is 2.27. The Labute approximate surface area is 128 Å². The van der Waals surface area contributed by atoms with Crippen LogP contribution >= 0.6 is 0 Å². The van der Waals surface area contributed by atoms with Gasteiger partial charge in [-0.2, -0.15) is 5.26 Å². The molecule has 1 aromatic heterocycles. The fourth-order valence-corrected chi connectivity index (χ4v) is 2.28. The minimum Gasteiger partial charge on any atom is -0.294 e. The molecule has 0 saturated carbocycles. The molecule has 3 nitrogen and oxygen atoms in total. The van der Waals surface area contributed by atoms with Gasteiger partial charge in [0.1, 0.15) is 11.9 Å². The van der Waals surface area contributed by atoms with E-state index in [1.54, 1.807) is 25.3 Å². The van der Waals surface area contributed by atoms with Crippen LogP contribution in [0.25, 0.3) is 11.1 Å². The van der Waals surface area contributed by atoms with Gasteiger partial charge in [-0.25, -0.2) is 4.39 Å². The van der Waals surface area contributed by atoms with Crippen molar-refractivity contribution in [3.05, 3.63) is 64.7 Å². The smallest absolute Gasteiger partial charge is 0.160 e. The minimum atomic E-state index is -0.593. The predicted molar refractivity (Wildman–Crippen MR) is 83.3 cm³/mol. The number of hydrogen-bond acceptors (Lipinski definition) is 3. The van der Waals surface area contributed by atoms with Crippen LogP contribution in [0, 0.1) is 24.1 Å². The minimum absolute atomic E-state index is 0.0158. The number of ketones is 1. The lowest BCUT2D eigenvalue weighted by atomic mass is 9.93. The molecule has 4 heteroatoms. The number of carbonyl (C=O) groups is 1. The van der Waals surface area contributed by atoms with Gasteiger partial charge in [-0.3, -0.25) is 9.78 Å². The fourth-order valence-electron chi connectivity index (χ4n) is 2.28. The molecular formula is C18H15FN2O. The van der Waals surface area contributed by atoms with Crippen LogP contribution in [-0.4, -0.2) is 10.8 Å². The molecule has 0 aliphatic heterocycles. The predicted octanol–water partition coefficient (Wildman–Crippen LogP) is 3.92. The molecule has 1 heterocycles. The molecule has 0 saturated heterocycles. The maximum atomic E-state index is 13.8. The van der Waals surface area contributed by atoms with E-state index < -0.39 is 5.82 Å². The molecule has 0 aliphatic carbocycles. The Morgan fingerprint density at radius 1 is 1.18 bits per heavy atom. The quantitative estimate of drug-likeness (QED) is 0.806. The Hall–Kier alpha value is -2.80. The first-order chi connectivity index (χ1) is 10.4. The Balaban J connectivity index is 2.61. The van der Waals surface area contributed by atoms with Crippen LogP contribution in [0.1, 0.15) is 36.2 Å². The van der Waals surface area contributed by atoms with Crippen molar-refractivity contribution in [2.24, 2.45) is 0 Å². The molecule has 0 aliphatic rings. The third kappa shape index (κ3) is 3.09. The summed E-state index contributed by atoms with van der Waals surface area (Å²) in [5.41, 5.74) is 3.26. The van der Waals surface area contributed by atoms with Crippen LogP contribution in [0.3, 0.4) is 0 Å². The Bertz CT molecular complexity index is 799. The van der Waals surface area contributed by atoms with E-state index in [1.807, 2.05) is 19.1 Å². The number of halogens is 1. The van der Waals surface area contributed by atoms with E-state index in [-0.39, 0.29) is 11.3 Å². The highest BCUT2D eigenvalue weighted by atomic mass is 19.1. The molecule has 22 heavy (non-hydrogen) atoms. The summed E-state index contributed by atoms with van der Waals surface area (Å²) in [5, 5.41) is 8.78. The van der Waals surface area contributed by atoms with Crippen molar-refractivity contribution in [2.75, 3.05) is 0 Å². The number of aryl methyl sites for hydroxylation is 1. The topological polar surface area (TPSA) is 53.8 Å². The summed E-state index contributed by atoms with van der Waals surface area (Å²) in [6.45, 7) is 5.10. The summed E-state index contributed by atoms with van der Waals surface area (Å²) in [4.78, 5) is 16.2. The van der Waals surface area contributed by atoms with Crippen LogP contribution in [0.15, 0.2) is 36.5 Å². The monoisotopic (exact) mass is 294 g/mol. The number of benzene rings is 1. The molecule has 0 N–H and O–H groups in total. The number of rotatable bonds is 3. The lowest BCUT2D eigenvalue weighted by molar-refractivity contribution is -0.111. The zero-order valence-electron chi connectivity index (χ0n) is 12.6. The highest BCUT2D eigenvalue weighted by Gasteiger charge is 2.14. The SMILES string of the molecule is CC(=O)C(=C(C)c1ccc(C#N)c(F)c1)c1ccc(C)nc1. The molecule has 0 fully saturated rings. The molecular weight excluding hydrogens is 279 g/mol. The Morgan fingerprint density at radius 2 is 1.86 bits per heavy atom. The number of aromatic nitrogens is 1. The number of hydrogen-bond donors (Lipinski definition) is 0. The van der Waals surface area contributed by atoms with E-state index in [2.05, 4.69) is 4.98 Å². The maximum absolute atomic E-state index is 13.8. The largest absolute Gasteiger partial charge is 0.294 e. The summed E-state index contributed by atoms with van der Waals surface area (Å²) in [6, 6.07) is 9.76. The van der Waals surface area contributed by atoms with Gasteiger partial charge in [0.05, 0.1) is 5.56 Å². The summed E-state index contributed by atoms with van der Waals surface area (Å²) in [6.07, 6.45) is 1.63. The normalized spacial score (nSPS) is 11.6. The Morgan fingerprint density at radius 3 is 2.36 bits per heavy atom. The lowest BCUT2D eigenvalue weighted by Gasteiger charge is -2.11. The van der Waals surface area contributed by atoms with Crippen molar-refractivity contribution < 1.29 is 9.18 Å². The molecule has 0 unspecified atom stereocenters. The van der Waals surface area contributed by atoms with Crippen molar-refractivity contribution in [2.45, 2.75) is 20.8 Å². The molecule has 0 atom stereocenters. The van der Waals surface area contributed by atoms with Gasteiger partial charge in [-0.15, -0.1) is 0 Å². The van der Waals surface area contributed by atoms with Gasteiger partial charge in [0.15, 0.2) is 5.78 Å². The zero-order valence-corrected chi connectivity index (χ0v) is 12.6. The molecule has 1 aromatic carbocycles. The molecule has 110 valence electrons. The van der Waals surface area contributed by atoms with Crippen LogP contribution in [0.5, 0.6) is 0 Å². The first kappa shape index (κ1) is 15.6. The van der Waals surface area contributed by atoms with Crippen LogP contribution in [0.4, 0.5) is 4.39 Å². The maximum Gasteiger partial charge on any atom is 0.160 e. The number of nitriles is 1. The summed E-state index contributed by atoms with van der Waals surface area (Å²) in [5.74, 6) is -0.711. The zero-order chi connectivity index (χ0) is 16.3. The van der Waals surface area contributed by atoms with E-state index in [4.69, 9.17) is 5.26 Å². The summed E-state index contributed by atoms with van der Waals surface area (Å²) < 4.78 is 13.8. The van der Waals surface area contributed by atoms with Crippen molar-refractivity contribution in [3.8, 4) is 6.07 Å². The molecule has 0 radical (unpaired) electrons. The van der Waals surface area contributed by atoms with Gasteiger partial charge in [0.25, 0.3) is 0 Å². The molecule has 0 spiro atoms. The van der Waals surface area contributed by atoms with Gasteiger partial charge >= 0.3 is 0 Å². The van der Waals surface area contributed by atoms with Crippen molar-refractivity contribution in [3.63, 3.8) is 0 Å². The molecule has 0 bridgehead atoms. The summed E-state index contributed by atoms with van der Waals surface area (Å²) in [7, 11) is 0. The first-order valence-electron chi connectivity index (χ1n) is 6.79. The van der Waals surface area contributed by atoms with Gasteiger partial charge < -0.3 is 0 Å². The number of pyridine rings is 1. The van der Waals surface area contributed by atoms with E-state index in [9.17, 15) is 9.18 Å². The number of carbonyl (C=O) groups excluding carboxylic acids is 1. The number of nitrogens with zero attached hydrogens (tertiary/aromatic N) is 2.